The second kappa shape index (κ2) is 5.32. The van der Waals surface area contributed by atoms with Gasteiger partial charge >= 0.3 is 0 Å². The van der Waals surface area contributed by atoms with Crippen molar-refractivity contribution in [2.75, 3.05) is 19.7 Å². The van der Waals surface area contributed by atoms with Crippen LogP contribution in [-0.4, -0.2) is 47.7 Å². The molecule has 0 radical (unpaired) electrons. The molecule has 2 atom stereocenters. The third-order valence-corrected chi connectivity index (χ3v) is 2.71. The van der Waals surface area contributed by atoms with Gasteiger partial charge in [-0.3, -0.25) is 4.79 Å². The van der Waals surface area contributed by atoms with Crippen LogP contribution in [0.1, 0.15) is 26.7 Å². The van der Waals surface area contributed by atoms with Crippen molar-refractivity contribution >= 4 is 5.91 Å². The molecule has 1 aliphatic heterocycles. The molecule has 1 saturated heterocycles. The van der Waals surface area contributed by atoms with Gasteiger partial charge in [-0.05, 0) is 13.3 Å². The third-order valence-electron chi connectivity index (χ3n) is 2.71. The molecule has 1 aliphatic rings. The Hall–Kier alpha value is -0.610. The first-order valence-corrected chi connectivity index (χ1v) is 5.35. The van der Waals surface area contributed by atoms with Crippen LogP contribution in [0.25, 0.3) is 0 Å². The Kier molecular flexibility index (Phi) is 4.35. The van der Waals surface area contributed by atoms with Gasteiger partial charge in [0.2, 0.25) is 5.91 Å². The van der Waals surface area contributed by atoms with E-state index in [1.807, 2.05) is 11.8 Å². The summed E-state index contributed by atoms with van der Waals surface area (Å²) in [7, 11) is 0. The fourth-order valence-corrected chi connectivity index (χ4v) is 1.73. The highest BCUT2D eigenvalue weighted by Gasteiger charge is 2.31. The molecule has 1 amide bonds. The van der Waals surface area contributed by atoms with E-state index < -0.39 is 0 Å². The van der Waals surface area contributed by atoms with Crippen molar-refractivity contribution in [2.24, 2.45) is 0 Å². The Balaban J connectivity index is 2.54. The number of amides is 1. The predicted molar refractivity (Wildman–Crippen MR) is 55.0 cm³/mol. The quantitative estimate of drug-likeness (QED) is 0.670. The van der Waals surface area contributed by atoms with Gasteiger partial charge in [0.15, 0.2) is 0 Å². The lowest BCUT2D eigenvalue weighted by atomic mass is 10.1. The maximum atomic E-state index is 11.8. The molecule has 1 fully saturated rings. The van der Waals surface area contributed by atoms with Gasteiger partial charge in [0.05, 0.1) is 6.61 Å². The van der Waals surface area contributed by atoms with E-state index in [9.17, 15) is 4.79 Å². The lowest BCUT2D eigenvalue weighted by molar-refractivity contribution is -0.139. The molecule has 14 heavy (non-hydrogen) atoms. The SMILES string of the molecule is CCCCN1C(=O)C(CO)NCC1C. The zero-order valence-corrected chi connectivity index (χ0v) is 8.99. The minimum absolute atomic E-state index is 0.0414. The van der Waals surface area contributed by atoms with Crippen molar-refractivity contribution in [3.63, 3.8) is 0 Å². The number of nitrogens with zero attached hydrogens (tertiary/aromatic N) is 1. The monoisotopic (exact) mass is 200 g/mol. The van der Waals surface area contributed by atoms with Crippen molar-refractivity contribution in [1.29, 1.82) is 0 Å². The van der Waals surface area contributed by atoms with Crippen LogP contribution in [-0.2, 0) is 4.79 Å². The van der Waals surface area contributed by atoms with Gasteiger partial charge in [-0.25, -0.2) is 0 Å². The van der Waals surface area contributed by atoms with E-state index in [1.165, 1.54) is 0 Å². The van der Waals surface area contributed by atoms with Gasteiger partial charge in [-0.1, -0.05) is 13.3 Å². The van der Waals surface area contributed by atoms with Crippen LogP contribution in [0.2, 0.25) is 0 Å². The molecule has 2 N–H and O–H groups in total. The van der Waals surface area contributed by atoms with Gasteiger partial charge in [0.25, 0.3) is 0 Å². The molecule has 4 heteroatoms. The van der Waals surface area contributed by atoms with Crippen molar-refractivity contribution in [2.45, 2.75) is 38.8 Å². The van der Waals surface area contributed by atoms with E-state index in [2.05, 4.69) is 12.2 Å². The number of unbranched alkanes of at least 4 members (excludes halogenated alkanes) is 1. The summed E-state index contributed by atoms with van der Waals surface area (Å²) in [6.45, 7) is 5.64. The normalized spacial score (nSPS) is 28.2. The molecule has 0 aliphatic carbocycles. The third kappa shape index (κ3) is 2.45. The lowest BCUT2D eigenvalue weighted by Gasteiger charge is -2.37. The first-order valence-electron chi connectivity index (χ1n) is 5.35. The van der Waals surface area contributed by atoms with Crippen molar-refractivity contribution in [1.82, 2.24) is 10.2 Å². The molecular formula is C10H20N2O2. The number of carbonyl (C=O) groups is 1. The molecule has 0 spiro atoms. The number of aliphatic hydroxyl groups excluding tert-OH is 1. The average Bonchev–Trinajstić information content (AvgIpc) is 2.18. The highest BCUT2D eigenvalue weighted by atomic mass is 16.3. The van der Waals surface area contributed by atoms with Gasteiger partial charge in [-0.15, -0.1) is 0 Å². The standard InChI is InChI=1S/C10H20N2O2/c1-3-4-5-12-8(2)6-11-9(7-13)10(12)14/h8-9,11,13H,3-7H2,1-2H3. The van der Waals surface area contributed by atoms with Crippen LogP contribution in [0.5, 0.6) is 0 Å². The van der Waals surface area contributed by atoms with Gasteiger partial charge < -0.3 is 15.3 Å². The number of carbonyl (C=O) groups excluding carboxylic acids is 1. The molecular weight excluding hydrogens is 180 g/mol. The second-order valence-electron chi connectivity index (χ2n) is 3.88. The average molecular weight is 200 g/mol. The Bertz CT molecular complexity index is 197. The van der Waals surface area contributed by atoms with E-state index >= 15 is 0 Å². The molecule has 0 saturated carbocycles. The number of hydrogen-bond acceptors (Lipinski definition) is 3. The van der Waals surface area contributed by atoms with E-state index in [-0.39, 0.29) is 24.6 Å². The largest absolute Gasteiger partial charge is 0.394 e. The van der Waals surface area contributed by atoms with Gasteiger partial charge in [0, 0.05) is 19.1 Å². The fourth-order valence-electron chi connectivity index (χ4n) is 1.73. The highest BCUT2D eigenvalue weighted by molar-refractivity contribution is 5.83. The molecule has 0 aromatic carbocycles. The van der Waals surface area contributed by atoms with Crippen LogP contribution in [0.4, 0.5) is 0 Å². The Morgan fingerprint density at radius 1 is 1.64 bits per heavy atom. The molecule has 1 rings (SSSR count). The molecule has 0 aromatic heterocycles. The van der Waals surface area contributed by atoms with Gasteiger partial charge in [0.1, 0.15) is 6.04 Å². The number of hydrogen-bond donors (Lipinski definition) is 2. The van der Waals surface area contributed by atoms with Crippen LogP contribution in [0, 0.1) is 0 Å². The van der Waals surface area contributed by atoms with Crippen LogP contribution >= 0.6 is 0 Å². The maximum absolute atomic E-state index is 11.8. The van der Waals surface area contributed by atoms with E-state index in [0.717, 1.165) is 25.9 Å². The summed E-state index contributed by atoms with van der Waals surface area (Å²) in [6, 6.07) is -0.139. The van der Waals surface area contributed by atoms with E-state index in [0.29, 0.717) is 0 Å². The summed E-state index contributed by atoms with van der Waals surface area (Å²) in [5, 5.41) is 12.0. The van der Waals surface area contributed by atoms with Crippen molar-refractivity contribution in [3.8, 4) is 0 Å². The molecule has 1 heterocycles. The summed E-state index contributed by atoms with van der Waals surface area (Å²) in [5.41, 5.74) is 0. The molecule has 82 valence electrons. The lowest BCUT2D eigenvalue weighted by Crippen LogP contribution is -2.60. The highest BCUT2D eigenvalue weighted by Crippen LogP contribution is 2.09. The van der Waals surface area contributed by atoms with Crippen molar-refractivity contribution in [3.05, 3.63) is 0 Å². The Morgan fingerprint density at radius 2 is 2.36 bits per heavy atom. The minimum atomic E-state index is -0.386. The number of aliphatic hydroxyl groups is 1. The number of nitrogens with one attached hydrogen (secondary N) is 1. The summed E-state index contributed by atoms with van der Waals surface area (Å²) in [5.74, 6) is 0.0414. The minimum Gasteiger partial charge on any atom is -0.394 e. The Morgan fingerprint density at radius 3 is 2.93 bits per heavy atom. The molecule has 4 nitrogen and oxygen atoms in total. The first kappa shape index (κ1) is 11.5. The Labute approximate surface area is 85.3 Å². The van der Waals surface area contributed by atoms with E-state index in [4.69, 9.17) is 5.11 Å². The van der Waals surface area contributed by atoms with Gasteiger partial charge in [-0.2, -0.15) is 0 Å². The summed E-state index contributed by atoms with van der Waals surface area (Å²) in [4.78, 5) is 13.7. The molecule has 2 unspecified atom stereocenters. The summed E-state index contributed by atoms with van der Waals surface area (Å²) >= 11 is 0. The van der Waals surface area contributed by atoms with Crippen LogP contribution in [0.3, 0.4) is 0 Å². The smallest absolute Gasteiger partial charge is 0.242 e. The first-order chi connectivity index (χ1) is 6.70. The molecule has 0 bridgehead atoms. The second-order valence-corrected chi connectivity index (χ2v) is 3.88. The zero-order chi connectivity index (χ0) is 10.6. The van der Waals surface area contributed by atoms with Crippen LogP contribution < -0.4 is 5.32 Å². The molecule has 0 aromatic rings. The summed E-state index contributed by atoms with van der Waals surface area (Å²) in [6.07, 6.45) is 2.13. The zero-order valence-electron chi connectivity index (χ0n) is 8.99. The number of piperazine rings is 1. The van der Waals surface area contributed by atoms with Crippen LogP contribution in [0.15, 0.2) is 0 Å². The predicted octanol–water partition coefficient (Wildman–Crippen LogP) is -0.0323. The van der Waals surface area contributed by atoms with Crippen molar-refractivity contribution < 1.29 is 9.90 Å². The topological polar surface area (TPSA) is 52.6 Å². The summed E-state index contributed by atoms with van der Waals surface area (Å²) < 4.78 is 0. The fraction of sp³-hybridized carbons (Fsp3) is 0.900. The maximum Gasteiger partial charge on any atom is 0.242 e. The number of rotatable bonds is 4. The van der Waals surface area contributed by atoms with E-state index in [1.54, 1.807) is 0 Å².